The maximum absolute atomic E-state index is 2.50. The van der Waals surface area contributed by atoms with Crippen molar-refractivity contribution in [1.82, 2.24) is 0 Å². The standard InChI is InChI=1S/C47H30/c1-47(2)39-21-9-8-17-32(39)33-23-22-29(26-40(33)47)30-24-37-31-16-6-7-18-34(31)44-43(37)38(25-30)42(28-12-4-3-5-13-28)45-35-19-10-14-27-15-11-20-36(41(27)35)46(44)45/h3-26H,1-2H3. The van der Waals surface area contributed by atoms with Crippen LogP contribution in [0.1, 0.15) is 25.0 Å². The minimum absolute atomic E-state index is 0.0458. The van der Waals surface area contributed by atoms with E-state index in [1.54, 1.807) is 0 Å². The van der Waals surface area contributed by atoms with E-state index in [4.69, 9.17) is 0 Å². The maximum atomic E-state index is 2.50. The van der Waals surface area contributed by atoms with Crippen LogP contribution in [0.2, 0.25) is 0 Å². The van der Waals surface area contributed by atoms with Gasteiger partial charge in [0, 0.05) is 5.41 Å². The Morgan fingerprint density at radius 2 is 0.979 bits per heavy atom. The molecule has 218 valence electrons. The molecule has 11 rings (SSSR count). The molecule has 0 heteroatoms. The van der Waals surface area contributed by atoms with Gasteiger partial charge in [-0.3, -0.25) is 0 Å². The van der Waals surface area contributed by atoms with Crippen LogP contribution >= 0.6 is 0 Å². The van der Waals surface area contributed by atoms with Gasteiger partial charge in [-0.2, -0.15) is 0 Å². The molecule has 47 heavy (non-hydrogen) atoms. The van der Waals surface area contributed by atoms with E-state index in [1.807, 2.05) is 0 Å². The van der Waals surface area contributed by atoms with Crippen molar-refractivity contribution in [3.05, 3.63) is 157 Å². The van der Waals surface area contributed by atoms with Crippen LogP contribution in [0.15, 0.2) is 146 Å². The lowest BCUT2D eigenvalue weighted by Crippen LogP contribution is -2.14. The van der Waals surface area contributed by atoms with Gasteiger partial charge in [0.05, 0.1) is 0 Å². The molecule has 0 heterocycles. The number of hydrogen-bond acceptors (Lipinski definition) is 0. The Hall–Kier alpha value is -5.72. The van der Waals surface area contributed by atoms with Crippen molar-refractivity contribution in [2.24, 2.45) is 0 Å². The zero-order chi connectivity index (χ0) is 31.0. The molecule has 0 amide bonds. The third kappa shape index (κ3) is 3.13. The molecule has 0 N–H and O–H groups in total. The van der Waals surface area contributed by atoms with Gasteiger partial charge < -0.3 is 0 Å². The van der Waals surface area contributed by atoms with Crippen LogP contribution in [0, 0.1) is 0 Å². The zero-order valence-electron chi connectivity index (χ0n) is 26.4. The van der Waals surface area contributed by atoms with Crippen LogP contribution in [-0.2, 0) is 5.41 Å². The highest BCUT2D eigenvalue weighted by atomic mass is 14.4. The van der Waals surface area contributed by atoms with E-state index in [1.165, 1.54) is 109 Å². The summed E-state index contributed by atoms with van der Waals surface area (Å²) in [6.07, 6.45) is 0. The molecule has 0 fully saturated rings. The van der Waals surface area contributed by atoms with Gasteiger partial charge in [0.2, 0.25) is 0 Å². The third-order valence-electron chi connectivity index (χ3n) is 11.3. The summed E-state index contributed by atoms with van der Waals surface area (Å²) in [4.78, 5) is 0. The van der Waals surface area contributed by atoms with E-state index in [0.717, 1.165) is 0 Å². The predicted octanol–water partition coefficient (Wildman–Crippen LogP) is 13.1. The summed E-state index contributed by atoms with van der Waals surface area (Å²) in [7, 11) is 0. The van der Waals surface area contributed by atoms with E-state index in [2.05, 4.69) is 159 Å². The molecule has 0 bridgehead atoms. The average molecular weight is 595 g/mol. The first-order valence-electron chi connectivity index (χ1n) is 16.7. The maximum Gasteiger partial charge on any atom is 0.0159 e. The normalized spacial score (nSPS) is 13.9. The molecule has 1 aliphatic carbocycles. The molecule has 0 aliphatic heterocycles. The first-order chi connectivity index (χ1) is 23.1. The van der Waals surface area contributed by atoms with Gasteiger partial charge in [0.1, 0.15) is 0 Å². The van der Waals surface area contributed by atoms with E-state index < -0.39 is 0 Å². The minimum atomic E-state index is -0.0458. The van der Waals surface area contributed by atoms with Crippen LogP contribution in [0.4, 0.5) is 0 Å². The Balaban J connectivity index is 1.34. The molecular formula is C47H30. The molecule has 0 saturated heterocycles. The highest BCUT2D eigenvalue weighted by Gasteiger charge is 2.35. The summed E-state index contributed by atoms with van der Waals surface area (Å²) in [6, 6.07) is 54.9. The molecule has 10 aromatic carbocycles. The van der Waals surface area contributed by atoms with E-state index in [0.29, 0.717) is 0 Å². The Morgan fingerprint density at radius 3 is 1.81 bits per heavy atom. The van der Waals surface area contributed by atoms with Crippen LogP contribution in [-0.4, -0.2) is 0 Å². The highest BCUT2D eigenvalue weighted by Crippen LogP contribution is 2.54. The fourth-order valence-electron chi connectivity index (χ4n) is 9.29. The van der Waals surface area contributed by atoms with E-state index in [9.17, 15) is 0 Å². The second-order valence-electron chi connectivity index (χ2n) is 14.0. The molecule has 1 aliphatic rings. The van der Waals surface area contributed by atoms with Crippen molar-refractivity contribution < 1.29 is 0 Å². The monoisotopic (exact) mass is 594 g/mol. The van der Waals surface area contributed by atoms with Gasteiger partial charge in [-0.25, -0.2) is 0 Å². The average Bonchev–Trinajstić information content (AvgIpc) is 3.71. The molecule has 0 aromatic heterocycles. The van der Waals surface area contributed by atoms with Crippen molar-refractivity contribution in [2.75, 3.05) is 0 Å². The number of benzene rings is 8. The molecule has 0 unspecified atom stereocenters. The van der Waals surface area contributed by atoms with Gasteiger partial charge >= 0.3 is 0 Å². The minimum Gasteiger partial charge on any atom is -0.0622 e. The molecule has 0 saturated carbocycles. The van der Waals surface area contributed by atoms with Crippen molar-refractivity contribution in [3.63, 3.8) is 0 Å². The summed E-state index contributed by atoms with van der Waals surface area (Å²) in [5.74, 6) is 0. The molecule has 10 aromatic rings. The predicted molar refractivity (Wildman–Crippen MR) is 202 cm³/mol. The van der Waals surface area contributed by atoms with Gasteiger partial charge in [0.15, 0.2) is 0 Å². The van der Waals surface area contributed by atoms with Crippen LogP contribution in [0.3, 0.4) is 0 Å². The van der Waals surface area contributed by atoms with Crippen molar-refractivity contribution in [3.8, 4) is 33.4 Å². The quantitative estimate of drug-likeness (QED) is 0.187. The van der Waals surface area contributed by atoms with Gasteiger partial charge in [-0.05, 0) is 127 Å². The Morgan fingerprint density at radius 1 is 0.340 bits per heavy atom. The smallest absolute Gasteiger partial charge is 0.0159 e. The first-order valence-corrected chi connectivity index (χ1v) is 16.7. The summed E-state index contributed by atoms with van der Waals surface area (Å²) in [6.45, 7) is 4.75. The molecule has 0 spiro atoms. The molecule has 0 radical (unpaired) electrons. The fraction of sp³-hybridized carbons (Fsp3) is 0.0638. The van der Waals surface area contributed by atoms with Crippen molar-refractivity contribution >= 4 is 64.6 Å². The summed E-state index contributed by atoms with van der Waals surface area (Å²) >= 11 is 0. The second kappa shape index (κ2) is 8.75. The van der Waals surface area contributed by atoms with Gasteiger partial charge in [0.25, 0.3) is 0 Å². The summed E-state index contributed by atoms with van der Waals surface area (Å²) in [5.41, 5.74) is 10.7. The van der Waals surface area contributed by atoms with Crippen molar-refractivity contribution in [1.29, 1.82) is 0 Å². The first kappa shape index (κ1) is 25.5. The van der Waals surface area contributed by atoms with Crippen LogP contribution < -0.4 is 0 Å². The Labute approximate surface area is 273 Å². The lowest BCUT2D eigenvalue weighted by molar-refractivity contribution is 0.660. The van der Waals surface area contributed by atoms with E-state index in [-0.39, 0.29) is 5.41 Å². The number of rotatable bonds is 2. The largest absolute Gasteiger partial charge is 0.0622 e. The number of hydrogen-bond donors (Lipinski definition) is 0. The lowest BCUT2D eigenvalue weighted by atomic mass is 9.81. The summed E-state index contributed by atoms with van der Waals surface area (Å²) < 4.78 is 0. The second-order valence-corrected chi connectivity index (χ2v) is 14.0. The van der Waals surface area contributed by atoms with E-state index >= 15 is 0 Å². The van der Waals surface area contributed by atoms with Crippen LogP contribution in [0.25, 0.3) is 98.0 Å². The number of fused-ring (bicyclic) bond motifs is 10. The van der Waals surface area contributed by atoms with Gasteiger partial charge in [-0.1, -0.05) is 141 Å². The highest BCUT2D eigenvalue weighted by molar-refractivity contribution is 6.48. The van der Waals surface area contributed by atoms with Gasteiger partial charge in [-0.15, -0.1) is 0 Å². The van der Waals surface area contributed by atoms with Crippen molar-refractivity contribution in [2.45, 2.75) is 19.3 Å². The lowest BCUT2D eigenvalue weighted by Gasteiger charge is -2.22. The zero-order valence-corrected chi connectivity index (χ0v) is 26.4. The SMILES string of the molecule is CC1(C)c2ccccc2-c2ccc(-c3cc4c(-c5ccccc5)c5c6cccc7cccc(c76)c5c5c6ccccc6c(c3)c45)cc21. The Kier molecular flexibility index (Phi) is 4.74. The third-order valence-corrected chi connectivity index (χ3v) is 11.3. The molecule has 0 atom stereocenters. The summed E-state index contributed by atoms with van der Waals surface area (Å²) in [5, 5.41) is 16.3. The topological polar surface area (TPSA) is 0 Å². The molecular weight excluding hydrogens is 565 g/mol. The molecule has 0 nitrogen and oxygen atoms in total. The fourth-order valence-corrected chi connectivity index (χ4v) is 9.29. The van der Waals surface area contributed by atoms with Crippen LogP contribution in [0.5, 0.6) is 0 Å². The Bertz CT molecular complexity index is 2900.